The Kier molecular flexibility index (Phi) is 7.16. The maximum absolute atomic E-state index is 14.5. The molecule has 1 saturated heterocycles. The van der Waals surface area contributed by atoms with Gasteiger partial charge in [-0.1, -0.05) is 32.0 Å². The van der Waals surface area contributed by atoms with Gasteiger partial charge >= 0.3 is 14.2 Å². The second-order valence-corrected chi connectivity index (χ2v) is 9.27. The molecule has 2 N–H and O–H groups in total. The number of hydrogen-bond donors (Lipinski definition) is 1. The van der Waals surface area contributed by atoms with Crippen molar-refractivity contribution in [3.63, 3.8) is 0 Å². The molecule has 4 atom stereocenters. The zero-order chi connectivity index (χ0) is 24.3. The van der Waals surface area contributed by atoms with Crippen LogP contribution < -0.4 is 10.3 Å². The van der Waals surface area contributed by atoms with Gasteiger partial charge in [-0.3, -0.25) is 9.32 Å². The topological polar surface area (TPSA) is 127 Å². The minimum absolute atomic E-state index is 0.141. The quantitative estimate of drug-likeness (QED) is 0.352. The number of anilines is 1. The molecule has 10 nitrogen and oxygen atoms in total. The van der Waals surface area contributed by atoms with Crippen LogP contribution in [-0.2, 0) is 23.4 Å². The smallest absolute Gasteiger partial charge is 0.367 e. The zero-order valence-electron chi connectivity index (χ0n) is 18.7. The van der Waals surface area contributed by atoms with Crippen molar-refractivity contribution in [3.05, 3.63) is 54.5 Å². The van der Waals surface area contributed by atoms with E-state index in [4.69, 9.17) is 24.3 Å². The van der Waals surface area contributed by atoms with Crippen LogP contribution in [0, 0.1) is 5.92 Å². The van der Waals surface area contributed by atoms with Crippen molar-refractivity contribution in [3.8, 4) is 5.75 Å². The standard InChI is InChI=1S/C22H26FN4O6P/c1-14(2)21(28)31-19-10-18(16-8-9-17-20(24)25-13-26-27(16)17)32-22(19,11-23)12-30-34(29)33-15-6-4-3-5-7-15/h3-9,13-14,18-19,34H,10-12H2,1-2H3,(H2,24,25,26)/t18-,19+,22-/m1/s1. The molecule has 0 radical (unpaired) electrons. The molecule has 3 aromatic rings. The number of rotatable bonds is 9. The van der Waals surface area contributed by atoms with Crippen LogP contribution in [-0.4, -0.2) is 45.6 Å². The third kappa shape index (κ3) is 4.91. The van der Waals surface area contributed by atoms with Gasteiger partial charge in [-0.25, -0.2) is 18.5 Å². The van der Waals surface area contributed by atoms with Gasteiger partial charge in [0.25, 0.3) is 0 Å². The molecule has 0 spiro atoms. The SMILES string of the molecule is CC(C)C(=O)O[C@H]1C[C@H](c2ccc3c(N)ncnn23)O[C@]1(CF)CO[PH](=O)Oc1ccccc1. The molecular weight excluding hydrogens is 466 g/mol. The van der Waals surface area contributed by atoms with Gasteiger partial charge in [0, 0.05) is 6.42 Å². The number of carbonyl (C=O) groups is 1. The minimum Gasteiger partial charge on any atom is -0.459 e. The van der Waals surface area contributed by atoms with E-state index in [1.165, 1.54) is 6.33 Å². The number of ether oxygens (including phenoxy) is 2. The number of fused-ring (bicyclic) bond motifs is 1. The number of benzene rings is 1. The normalized spacial score (nSPS) is 23.3. The summed E-state index contributed by atoms with van der Waals surface area (Å²) in [6, 6.07) is 11.9. The summed E-state index contributed by atoms with van der Waals surface area (Å²) in [5.41, 5.74) is 5.37. The maximum Gasteiger partial charge on any atom is 0.367 e. The molecule has 0 bridgehead atoms. The molecule has 0 amide bonds. The Balaban J connectivity index is 1.57. The Morgan fingerprint density at radius 3 is 2.79 bits per heavy atom. The van der Waals surface area contributed by atoms with E-state index >= 15 is 0 Å². The van der Waals surface area contributed by atoms with Crippen LogP contribution in [0.5, 0.6) is 5.75 Å². The highest BCUT2D eigenvalue weighted by molar-refractivity contribution is 7.33. The summed E-state index contributed by atoms with van der Waals surface area (Å²) in [6.07, 6.45) is -0.246. The molecule has 0 saturated carbocycles. The number of nitrogens with zero attached hydrogens (tertiary/aromatic N) is 3. The molecule has 1 fully saturated rings. The third-order valence-electron chi connectivity index (χ3n) is 5.57. The number of nitrogens with two attached hydrogens (primary N) is 1. The first kappa shape index (κ1) is 24.1. The van der Waals surface area contributed by atoms with E-state index in [2.05, 4.69) is 10.1 Å². The van der Waals surface area contributed by atoms with Crippen LogP contribution >= 0.6 is 8.25 Å². The average Bonchev–Trinajstić information content (AvgIpc) is 3.41. The number of para-hydroxylation sites is 1. The fraction of sp³-hybridized carbons (Fsp3) is 0.409. The number of carbonyl (C=O) groups excluding carboxylic acids is 1. The second kappa shape index (κ2) is 10.1. The van der Waals surface area contributed by atoms with Gasteiger partial charge in [-0.05, 0) is 24.3 Å². The van der Waals surface area contributed by atoms with Crippen LogP contribution in [0.3, 0.4) is 0 Å². The van der Waals surface area contributed by atoms with E-state index in [1.807, 2.05) is 0 Å². The highest BCUT2D eigenvalue weighted by atomic mass is 31.1. The predicted octanol–water partition coefficient (Wildman–Crippen LogP) is 3.53. The van der Waals surface area contributed by atoms with Gasteiger partial charge in [-0.15, -0.1) is 0 Å². The van der Waals surface area contributed by atoms with E-state index < -0.39 is 51.2 Å². The van der Waals surface area contributed by atoms with Gasteiger partial charge in [0.05, 0.1) is 18.2 Å². The Morgan fingerprint density at radius 1 is 1.32 bits per heavy atom. The van der Waals surface area contributed by atoms with Crippen LogP contribution in [0.4, 0.5) is 10.2 Å². The van der Waals surface area contributed by atoms with Crippen molar-refractivity contribution in [1.82, 2.24) is 14.6 Å². The number of nitrogen functional groups attached to an aromatic ring is 1. The number of halogens is 1. The number of hydrogen-bond acceptors (Lipinski definition) is 9. The molecule has 0 aliphatic carbocycles. The van der Waals surface area contributed by atoms with Crippen molar-refractivity contribution in [2.75, 3.05) is 19.0 Å². The van der Waals surface area contributed by atoms with E-state index in [9.17, 15) is 13.8 Å². The monoisotopic (exact) mass is 492 g/mol. The van der Waals surface area contributed by atoms with Crippen LogP contribution in [0.25, 0.3) is 5.52 Å². The van der Waals surface area contributed by atoms with Crippen molar-refractivity contribution in [1.29, 1.82) is 0 Å². The van der Waals surface area contributed by atoms with E-state index in [-0.39, 0.29) is 12.2 Å². The molecular formula is C22H26FN4O6P. The molecule has 1 unspecified atom stereocenters. The van der Waals surface area contributed by atoms with Crippen molar-refractivity contribution in [2.45, 2.75) is 38.1 Å². The van der Waals surface area contributed by atoms with Crippen LogP contribution in [0.2, 0.25) is 0 Å². The average molecular weight is 492 g/mol. The molecule has 182 valence electrons. The lowest BCUT2D eigenvalue weighted by molar-refractivity contribution is -0.170. The fourth-order valence-corrected chi connectivity index (χ4v) is 4.47. The molecule has 2 aromatic heterocycles. The van der Waals surface area contributed by atoms with Crippen molar-refractivity contribution in [2.24, 2.45) is 5.92 Å². The molecule has 4 rings (SSSR count). The van der Waals surface area contributed by atoms with E-state index in [0.717, 1.165) is 0 Å². The Labute approximate surface area is 196 Å². The van der Waals surface area contributed by atoms with Gasteiger partial charge in [0.2, 0.25) is 0 Å². The first-order valence-electron chi connectivity index (χ1n) is 10.7. The Morgan fingerprint density at radius 2 is 2.09 bits per heavy atom. The molecule has 12 heteroatoms. The van der Waals surface area contributed by atoms with Gasteiger partial charge < -0.3 is 19.7 Å². The lowest BCUT2D eigenvalue weighted by Gasteiger charge is -2.31. The summed E-state index contributed by atoms with van der Waals surface area (Å²) in [5.74, 6) is -0.309. The number of aromatic nitrogens is 3. The second-order valence-electron chi connectivity index (χ2n) is 8.28. The summed E-state index contributed by atoms with van der Waals surface area (Å²) in [7, 11) is -3.03. The van der Waals surface area contributed by atoms with E-state index in [0.29, 0.717) is 17.0 Å². The van der Waals surface area contributed by atoms with E-state index in [1.54, 1.807) is 60.8 Å². The largest absolute Gasteiger partial charge is 0.459 e. The summed E-state index contributed by atoms with van der Waals surface area (Å²) in [5, 5.41) is 4.20. The van der Waals surface area contributed by atoms with Crippen molar-refractivity contribution < 1.29 is 32.3 Å². The predicted molar refractivity (Wildman–Crippen MR) is 121 cm³/mol. The summed E-state index contributed by atoms with van der Waals surface area (Å²) in [6.45, 7) is 1.87. The lowest BCUT2D eigenvalue weighted by Crippen LogP contribution is -2.48. The summed E-state index contributed by atoms with van der Waals surface area (Å²) in [4.78, 5) is 16.3. The van der Waals surface area contributed by atoms with Gasteiger partial charge in [-0.2, -0.15) is 5.10 Å². The summed E-state index contributed by atoms with van der Waals surface area (Å²) < 4.78 is 50.9. The summed E-state index contributed by atoms with van der Waals surface area (Å²) >= 11 is 0. The number of alkyl halides is 1. The highest BCUT2D eigenvalue weighted by Crippen LogP contribution is 2.44. The van der Waals surface area contributed by atoms with Gasteiger partial charge in [0.1, 0.15) is 36.5 Å². The first-order chi connectivity index (χ1) is 16.3. The maximum atomic E-state index is 14.5. The third-order valence-corrected chi connectivity index (χ3v) is 6.35. The number of esters is 1. The molecule has 3 heterocycles. The molecule has 1 aliphatic heterocycles. The van der Waals surface area contributed by atoms with Crippen LogP contribution in [0.15, 0.2) is 48.8 Å². The molecule has 1 aliphatic rings. The highest BCUT2D eigenvalue weighted by Gasteiger charge is 2.53. The molecule has 34 heavy (non-hydrogen) atoms. The van der Waals surface area contributed by atoms with Crippen molar-refractivity contribution >= 4 is 25.6 Å². The van der Waals surface area contributed by atoms with Crippen LogP contribution in [0.1, 0.15) is 32.1 Å². The van der Waals surface area contributed by atoms with Gasteiger partial charge in [0.15, 0.2) is 11.4 Å². The minimum atomic E-state index is -3.03. The first-order valence-corrected chi connectivity index (χ1v) is 12.0. The zero-order valence-corrected chi connectivity index (χ0v) is 19.7. The lowest BCUT2D eigenvalue weighted by atomic mass is 9.98. The fourth-order valence-electron chi connectivity index (χ4n) is 3.72. The molecule has 1 aromatic carbocycles. The Hall–Kier alpha value is -3.01. The Bertz CT molecular complexity index is 1180.